The molecular weight excluding hydrogens is 390 g/mol. The van der Waals surface area contributed by atoms with Gasteiger partial charge in [-0.25, -0.2) is 9.86 Å². The van der Waals surface area contributed by atoms with Crippen LogP contribution in [0.15, 0.2) is 37.4 Å². The van der Waals surface area contributed by atoms with Crippen molar-refractivity contribution in [3.63, 3.8) is 0 Å². The van der Waals surface area contributed by atoms with Gasteiger partial charge in [-0.1, -0.05) is 43.7 Å². The number of hydrogen-bond acceptors (Lipinski definition) is 4. The van der Waals surface area contributed by atoms with Gasteiger partial charge < -0.3 is 4.74 Å². The molecule has 0 saturated heterocycles. The average molecular weight is 430 g/mol. The molecule has 0 N–H and O–H groups in total. The molecule has 0 aliphatic carbocycles. The van der Waals surface area contributed by atoms with Crippen molar-refractivity contribution in [2.45, 2.75) is 65.9 Å². The van der Waals surface area contributed by atoms with Crippen molar-refractivity contribution in [1.29, 1.82) is 0 Å². The lowest BCUT2D eigenvalue weighted by Crippen LogP contribution is -2.28. The largest absolute Gasteiger partial charge is 0.458 e. The van der Waals surface area contributed by atoms with Gasteiger partial charge in [0.2, 0.25) is 5.91 Å². The first-order chi connectivity index (χ1) is 14.6. The molecule has 0 saturated carbocycles. The van der Waals surface area contributed by atoms with Crippen LogP contribution >= 0.6 is 0 Å². The van der Waals surface area contributed by atoms with Crippen molar-refractivity contribution < 1.29 is 19.2 Å². The van der Waals surface area contributed by atoms with Crippen LogP contribution in [0.1, 0.15) is 66.6 Å². The van der Waals surface area contributed by atoms with Gasteiger partial charge in [0.05, 0.1) is 12.7 Å². The van der Waals surface area contributed by atoms with E-state index in [2.05, 4.69) is 13.2 Å². The van der Waals surface area contributed by atoms with Gasteiger partial charge in [0.25, 0.3) is 0 Å². The van der Waals surface area contributed by atoms with Crippen LogP contribution < -0.4 is 0 Å². The summed E-state index contributed by atoms with van der Waals surface area (Å²) in [5.74, 6) is -0.143. The maximum Gasteiger partial charge on any atom is 0.338 e. The Morgan fingerprint density at radius 2 is 1.84 bits per heavy atom. The number of benzene rings is 1. The van der Waals surface area contributed by atoms with E-state index in [-0.39, 0.29) is 29.8 Å². The minimum atomic E-state index is -0.309. The van der Waals surface area contributed by atoms with Crippen LogP contribution in [0.4, 0.5) is 0 Å². The van der Waals surface area contributed by atoms with Crippen molar-refractivity contribution in [3.8, 4) is 0 Å². The molecule has 1 aromatic rings. The lowest BCUT2D eigenvalue weighted by atomic mass is 9.87. The Bertz CT molecular complexity index is 769. The summed E-state index contributed by atoms with van der Waals surface area (Å²) in [6.07, 6.45) is 6.59. The summed E-state index contributed by atoms with van der Waals surface area (Å²) in [4.78, 5) is 30.7. The van der Waals surface area contributed by atoms with Crippen LogP contribution in [0.2, 0.25) is 0 Å². The quantitative estimate of drug-likeness (QED) is 0.233. The molecule has 2 atom stereocenters. The zero-order valence-electron chi connectivity index (χ0n) is 20.1. The van der Waals surface area contributed by atoms with Crippen LogP contribution in [0.3, 0.4) is 0 Å². The van der Waals surface area contributed by atoms with Gasteiger partial charge in [-0.3, -0.25) is 9.63 Å². The van der Waals surface area contributed by atoms with Crippen LogP contribution in [-0.2, 0) is 20.8 Å². The topological polar surface area (TPSA) is 55.8 Å². The Morgan fingerprint density at radius 1 is 1.16 bits per heavy atom. The summed E-state index contributed by atoms with van der Waals surface area (Å²) in [6, 6.07) is 4.04. The van der Waals surface area contributed by atoms with Crippen molar-refractivity contribution >= 4 is 11.9 Å². The number of carbonyl (C=O) groups is 2. The van der Waals surface area contributed by atoms with E-state index in [1.807, 2.05) is 45.9 Å². The number of esters is 1. The van der Waals surface area contributed by atoms with Crippen LogP contribution in [0, 0.1) is 25.7 Å². The smallest absolute Gasteiger partial charge is 0.338 e. The molecule has 5 heteroatoms. The minimum Gasteiger partial charge on any atom is -0.458 e. The first-order valence-electron chi connectivity index (χ1n) is 11.0. The van der Waals surface area contributed by atoms with E-state index >= 15 is 0 Å². The molecule has 1 aromatic carbocycles. The van der Waals surface area contributed by atoms with Crippen molar-refractivity contribution in [1.82, 2.24) is 5.06 Å². The SMILES string of the molecule is C=CCCC(CC(=O)N(C)OC)Cc1cc(C)cc(C)c1C(=O)O[C@@H](CC=C)C(C)C. The van der Waals surface area contributed by atoms with Crippen molar-refractivity contribution in [2.75, 3.05) is 14.2 Å². The number of allylic oxidation sites excluding steroid dienone is 1. The minimum absolute atomic E-state index is 0.0601. The molecule has 0 aliphatic rings. The number of rotatable bonds is 13. The Hall–Kier alpha value is -2.40. The first kappa shape index (κ1) is 26.6. The molecule has 172 valence electrons. The molecule has 0 fully saturated rings. The van der Waals surface area contributed by atoms with Crippen molar-refractivity contribution in [2.24, 2.45) is 11.8 Å². The highest BCUT2D eigenvalue weighted by molar-refractivity contribution is 5.93. The molecule has 0 aromatic heterocycles. The van der Waals surface area contributed by atoms with Gasteiger partial charge in [-0.15, -0.1) is 13.2 Å². The van der Waals surface area contributed by atoms with Crippen LogP contribution in [0.25, 0.3) is 0 Å². The molecule has 5 nitrogen and oxygen atoms in total. The van der Waals surface area contributed by atoms with E-state index in [1.54, 1.807) is 13.1 Å². The Kier molecular flexibility index (Phi) is 11.3. The van der Waals surface area contributed by atoms with E-state index in [4.69, 9.17) is 9.57 Å². The van der Waals surface area contributed by atoms with E-state index in [1.165, 1.54) is 12.2 Å². The van der Waals surface area contributed by atoms with Gasteiger partial charge in [0, 0.05) is 19.9 Å². The molecule has 0 heterocycles. The normalized spacial score (nSPS) is 12.9. The van der Waals surface area contributed by atoms with E-state index in [9.17, 15) is 9.59 Å². The molecule has 1 amide bonds. The third-order valence-corrected chi connectivity index (χ3v) is 5.54. The van der Waals surface area contributed by atoms with Gasteiger partial charge in [-0.05, 0) is 56.1 Å². The number of hydrogen-bond donors (Lipinski definition) is 0. The summed E-state index contributed by atoms with van der Waals surface area (Å²) in [6.45, 7) is 15.6. The summed E-state index contributed by atoms with van der Waals surface area (Å²) < 4.78 is 5.88. The maximum atomic E-state index is 13.2. The Balaban J connectivity index is 3.23. The van der Waals surface area contributed by atoms with Crippen molar-refractivity contribution in [3.05, 3.63) is 59.7 Å². The average Bonchev–Trinajstić information content (AvgIpc) is 2.70. The van der Waals surface area contributed by atoms with Gasteiger partial charge in [0.1, 0.15) is 6.10 Å². The second-order valence-electron chi connectivity index (χ2n) is 8.54. The van der Waals surface area contributed by atoms with Crippen LogP contribution in [0.5, 0.6) is 0 Å². The van der Waals surface area contributed by atoms with Gasteiger partial charge in [-0.2, -0.15) is 0 Å². The summed E-state index contributed by atoms with van der Waals surface area (Å²) >= 11 is 0. The van der Waals surface area contributed by atoms with E-state index in [0.29, 0.717) is 24.8 Å². The fraction of sp³-hybridized carbons (Fsp3) is 0.538. The second kappa shape index (κ2) is 13.1. The summed E-state index contributed by atoms with van der Waals surface area (Å²) in [5.41, 5.74) is 3.50. The third kappa shape index (κ3) is 8.33. The number of carbonyl (C=O) groups excluding carboxylic acids is 2. The highest BCUT2D eigenvalue weighted by Gasteiger charge is 2.25. The summed E-state index contributed by atoms with van der Waals surface area (Å²) in [5, 5.41) is 1.25. The Morgan fingerprint density at radius 3 is 2.39 bits per heavy atom. The number of aryl methyl sites for hydroxylation is 2. The highest BCUT2D eigenvalue weighted by atomic mass is 16.7. The number of amides is 1. The van der Waals surface area contributed by atoms with Gasteiger partial charge in [0.15, 0.2) is 0 Å². The fourth-order valence-electron chi connectivity index (χ4n) is 3.74. The molecule has 1 rings (SSSR count). The lowest BCUT2D eigenvalue weighted by Gasteiger charge is -2.24. The number of ether oxygens (including phenoxy) is 1. The molecule has 0 radical (unpaired) electrons. The zero-order valence-corrected chi connectivity index (χ0v) is 20.1. The molecular formula is C26H39NO4. The van der Waals surface area contributed by atoms with Gasteiger partial charge >= 0.3 is 5.97 Å². The summed E-state index contributed by atoms with van der Waals surface area (Å²) in [7, 11) is 3.08. The maximum absolute atomic E-state index is 13.2. The molecule has 31 heavy (non-hydrogen) atoms. The number of hydroxylamine groups is 2. The standard InChI is InChI=1S/C26H39NO4/c1-9-11-13-21(17-24(28)27(7)30-8)16-22-15-19(5)14-20(6)25(22)26(29)31-23(12-10-2)18(3)4/h9-10,14-15,18,21,23H,1-2,11-13,16-17H2,3-8H3/t21?,23-/m0/s1. The molecule has 0 aliphatic heterocycles. The number of nitrogens with zero attached hydrogens (tertiary/aromatic N) is 1. The van der Waals surface area contributed by atoms with E-state index < -0.39 is 0 Å². The highest BCUT2D eigenvalue weighted by Crippen LogP contribution is 2.26. The van der Waals surface area contributed by atoms with E-state index in [0.717, 1.165) is 29.5 Å². The lowest BCUT2D eigenvalue weighted by molar-refractivity contribution is -0.169. The fourth-order valence-corrected chi connectivity index (χ4v) is 3.74. The molecule has 0 spiro atoms. The monoisotopic (exact) mass is 429 g/mol. The molecule has 1 unspecified atom stereocenters. The second-order valence-corrected chi connectivity index (χ2v) is 8.54. The third-order valence-electron chi connectivity index (χ3n) is 5.54. The molecule has 0 bridgehead atoms. The Labute approximate surface area is 188 Å². The zero-order chi connectivity index (χ0) is 23.6. The predicted molar refractivity (Wildman–Crippen MR) is 126 cm³/mol. The first-order valence-corrected chi connectivity index (χ1v) is 11.0. The van der Waals surface area contributed by atoms with Crippen LogP contribution in [-0.4, -0.2) is 37.2 Å². The predicted octanol–water partition coefficient (Wildman–Crippen LogP) is 5.60.